The first-order valence-corrected chi connectivity index (χ1v) is 7.25. The molecule has 0 fully saturated rings. The average molecular weight is 275 g/mol. The minimum atomic E-state index is -0.368. The standard InChI is InChI=1S/C15H21N3O2/c1-4-20-15(19)14-13-11(8-9-16)6-5-7-12(13)18(17-14)10(2)3/h10-11H,4-8H2,1-3H3. The number of carbonyl (C=O) groups is 1. The van der Waals surface area contributed by atoms with Crippen LogP contribution in [0, 0.1) is 11.3 Å². The van der Waals surface area contributed by atoms with E-state index in [4.69, 9.17) is 10.00 Å². The zero-order valence-electron chi connectivity index (χ0n) is 12.3. The third kappa shape index (κ3) is 2.55. The van der Waals surface area contributed by atoms with E-state index >= 15 is 0 Å². The highest BCUT2D eigenvalue weighted by Gasteiger charge is 2.32. The van der Waals surface area contributed by atoms with Crippen LogP contribution in [0.4, 0.5) is 0 Å². The van der Waals surface area contributed by atoms with Crippen molar-refractivity contribution in [2.24, 2.45) is 0 Å². The Hall–Kier alpha value is -1.83. The van der Waals surface area contributed by atoms with Crippen molar-refractivity contribution in [2.75, 3.05) is 6.61 Å². The number of nitrogens with zero attached hydrogens (tertiary/aromatic N) is 3. The van der Waals surface area contributed by atoms with E-state index in [2.05, 4.69) is 25.0 Å². The Kier molecular flexibility index (Phi) is 4.43. The Morgan fingerprint density at radius 2 is 2.35 bits per heavy atom. The van der Waals surface area contributed by atoms with E-state index in [9.17, 15) is 4.79 Å². The van der Waals surface area contributed by atoms with E-state index in [1.54, 1.807) is 6.92 Å². The van der Waals surface area contributed by atoms with Crippen molar-refractivity contribution in [3.05, 3.63) is 17.0 Å². The number of esters is 1. The largest absolute Gasteiger partial charge is 0.461 e. The summed E-state index contributed by atoms with van der Waals surface area (Å²) < 4.78 is 7.04. The van der Waals surface area contributed by atoms with Gasteiger partial charge in [0.15, 0.2) is 5.69 Å². The summed E-state index contributed by atoms with van der Waals surface area (Å²) in [6, 6.07) is 2.43. The number of hydrogen-bond donors (Lipinski definition) is 0. The van der Waals surface area contributed by atoms with E-state index in [1.165, 1.54) is 0 Å². The van der Waals surface area contributed by atoms with Crippen LogP contribution < -0.4 is 0 Å². The number of fused-ring (bicyclic) bond motifs is 1. The molecule has 5 heteroatoms. The van der Waals surface area contributed by atoms with Crippen molar-refractivity contribution in [3.63, 3.8) is 0 Å². The first-order chi connectivity index (χ1) is 9.60. The summed E-state index contributed by atoms with van der Waals surface area (Å²) in [5.74, 6) is -0.261. The highest BCUT2D eigenvalue weighted by Crippen LogP contribution is 2.37. The molecule has 0 N–H and O–H groups in total. The Balaban J connectivity index is 2.51. The van der Waals surface area contributed by atoms with Gasteiger partial charge >= 0.3 is 5.97 Å². The molecule has 0 saturated heterocycles. The van der Waals surface area contributed by atoms with E-state index in [0.29, 0.717) is 18.7 Å². The number of carbonyl (C=O) groups excluding carboxylic acids is 1. The van der Waals surface area contributed by atoms with Crippen LogP contribution in [0.2, 0.25) is 0 Å². The molecule has 1 aliphatic carbocycles. The van der Waals surface area contributed by atoms with Gasteiger partial charge in [0.1, 0.15) is 0 Å². The van der Waals surface area contributed by atoms with E-state index in [-0.39, 0.29) is 17.9 Å². The fraction of sp³-hybridized carbons (Fsp3) is 0.667. The first-order valence-electron chi connectivity index (χ1n) is 7.25. The maximum absolute atomic E-state index is 12.1. The molecular weight excluding hydrogens is 254 g/mol. The van der Waals surface area contributed by atoms with Gasteiger partial charge in [-0.3, -0.25) is 4.68 Å². The fourth-order valence-electron chi connectivity index (χ4n) is 2.91. The van der Waals surface area contributed by atoms with Gasteiger partial charge in [0, 0.05) is 29.6 Å². The molecule has 0 radical (unpaired) electrons. The third-order valence-electron chi connectivity index (χ3n) is 3.72. The first kappa shape index (κ1) is 14.6. The molecular formula is C15H21N3O2. The molecule has 2 rings (SSSR count). The molecule has 1 heterocycles. The van der Waals surface area contributed by atoms with E-state index < -0.39 is 0 Å². The Morgan fingerprint density at radius 3 is 2.95 bits per heavy atom. The molecule has 20 heavy (non-hydrogen) atoms. The van der Waals surface area contributed by atoms with Gasteiger partial charge < -0.3 is 4.74 Å². The highest BCUT2D eigenvalue weighted by atomic mass is 16.5. The predicted molar refractivity (Wildman–Crippen MR) is 74.5 cm³/mol. The maximum Gasteiger partial charge on any atom is 0.359 e. The van der Waals surface area contributed by atoms with Crippen LogP contribution in [0.1, 0.15) is 73.7 Å². The van der Waals surface area contributed by atoms with Crippen LogP contribution in [-0.2, 0) is 11.2 Å². The second kappa shape index (κ2) is 6.08. The lowest BCUT2D eigenvalue weighted by atomic mass is 9.83. The molecule has 0 bridgehead atoms. The average Bonchev–Trinajstić information content (AvgIpc) is 2.80. The van der Waals surface area contributed by atoms with Crippen LogP contribution >= 0.6 is 0 Å². The van der Waals surface area contributed by atoms with E-state index in [0.717, 1.165) is 30.5 Å². The Bertz CT molecular complexity index is 540. The van der Waals surface area contributed by atoms with Gasteiger partial charge in [-0.25, -0.2) is 4.79 Å². The smallest absolute Gasteiger partial charge is 0.359 e. The van der Waals surface area contributed by atoms with Crippen LogP contribution in [0.5, 0.6) is 0 Å². The molecule has 5 nitrogen and oxygen atoms in total. The van der Waals surface area contributed by atoms with Crippen LogP contribution in [0.15, 0.2) is 0 Å². The number of aromatic nitrogens is 2. The molecule has 1 unspecified atom stereocenters. The van der Waals surface area contributed by atoms with Crippen LogP contribution in [-0.4, -0.2) is 22.4 Å². The van der Waals surface area contributed by atoms with Crippen molar-refractivity contribution in [2.45, 2.75) is 58.4 Å². The lowest BCUT2D eigenvalue weighted by Crippen LogP contribution is -2.15. The summed E-state index contributed by atoms with van der Waals surface area (Å²) >= 11 is 0. The molecule has 0 spiro atoms. The van der Waals surface area contributed by atoms with E-state index in [1.807, 2.05) is 4.68 Å². The van der Waals surface area contributed by atoms with Gasteiger partial charge in [-0.15, -0.1) is 0 Å². The lowest BCUT2D eigenvalue weighted by molar-refractivity contribution is 0.0516. The summed E-state index contributed by atoms with van der Waals surface area (Å²) in [6.07, 6.45) is 3.34. The van der Waals surface area contributed by atoms with Crippen molar-refractivity contribution in [3.8, 4) is 6.07 Å². The topological polar surface area (TPSA) is 67.9 Å². The SMILES string of the molecule is CCOC(=O)c1nn(C(C)C)c2c1C(CC#N)CCC2. The van der Waals surface area contributed by atoms with Crippen molar-refractivity contribution in [1.29, 1.82) is 5.26 Å². The molecule has 0 amide bonds. The zero-order chi connectivity index (χ0) is 14.7. The van der Waals surface area contributed by atoms with Crippen molar-refractivity contribution in [1.82, 2.24) is 9.78 Å². The molecule has 1 aliphatic rings. The van der Waals surface area contributed by atoms with Crippen molar-refractivity contribution >= 4 is 5.97 Å². The van der Waals surface area contributed by atoms with Crippen molar-refractivity contribution < 1.29 is 9.53 Å². The second-order valence-corrected chi connectivity index (χ2v) is 5.42. The molecule has 1 aromatic rings. The quantitative estimate of drug-likeness (QED) is 0.792. The molecule has 0 aliphatic heterocycles. The minimum Gasteiger partial charge on any atom is -0.461 e. The summed E-state index contributed by atoms with van der Waals surface area (Å²) in [5.41, 5.74) is 2.47. The van der Waals surface area contributed by atoms with Gasteiger partial charge in [-0.2, -0.15) is 10.4 Å². The highest BCUT2D eigenvalue weighted by molar-refractivity contribution is 5.89. The third-order valence-corrected chi connectivity index (χ3v) is 3.72. The number of nitriles is 1. The fourth-order valence-corrected chi connectivity index (χ4v) is 2.91. The number of ether oxygens (including phenoxy) is 1. The Morgan fingerprint density at radius 1 is 1.60 bits per heavy atom. The molecule has 0 aromatic carbocycles. The maximum atomic E-state index is 12.1. The van der Waals surface area contributed by atoms with Gasteiger partial charge in [0.25, 0.3) is 0 Å². The molecule has 108 valence electrons. The predicted octanol–water partition coefficient (Wildman–Crippen LogP) is 2.97. The molecule has 1 atom stereocenters. The van der Waals surface area contributed by atoms with Gasteiger partial charge in [0.05, 0.1) is 12.7 Å². The van der Waals surface area contributed by atoms with Gasteiger partial charge in [0.2, 0.25) is 0 Å². The zero-order valence-corrected chi connectivity index (χ0v) is 12.3. The summed E-state index contributed by atoms with van der Waals surface area (Å²) in [5, 5.41) is 13.5. The summed E-state index contributed by atoms with van der Waals surface area (Å²) in [4.78, 5) is 12.1. The van der Waals surface area contributed by atoms with Gasteiger partial charge in [-0.1, -0.05) is 0 Å². The number of hydrogen-bond acceptors (Lipinski definition) is 4. The van der Waals surface area contributed by atoms with Crippen LogP contribution in [0.25, 0.3) is 0 Å². The van der Waals surface area contributed by atoms with Crippen LogP contribution in [0.3, 0.4) is 0 Å². The molecule has 1 aromatic heterocycles. The molecule has 0 saturated carbocycles. The summed E-state index contributed by atoms with van der Waals surface area (Å²) in [7, 11) is 0. The minimum absolute atomic E-state index is 0.107. The number of rotatable bonds is 4. The summed E-state index contributed by atoms with van der Waals surface area (Å²) in [6.45, 7) is 6.23. The second-order valence-electron chi connectivity index (χ2n) is 5.42. The Labute approximate surface area is 119 Å². The monoisotopic (exact) mass is 275 g/mol. The normalized spacial score (nSPS) is 17.6. The lowest BCUT2D eigenvalue weighted by Gasteiger charge is -2.22. The van der Waals surface area contributed by atoms with Gasteiger partial charge in [-0.05, 0) is 40.0 Å².